The van der Waals surface area contributed by atoms with Crippen LogP contribution in [0.3, 0.4) is 0 Å². The maximum atomic E-state index is 12.3. The monoisotopic (exact) mass is 384 g/mol. The Balaban J connectivity index is 1.97. The minimum absolute atomic E-state index is 0.0628. The van der Waals surface area contributed by atoms with Crippen molar-refractivity contribution >= 4 is 17.4 Å². The lowest BCUT2D eigenvalue weighted by molar-refractivity contribution is -0.118. The van der Waals surface area contributed by atoms with Crippen LogP contribution in [0.5, 0.6) is 11.5 Å². The fourth-order valence-corrected chi connectivity index (χ4v) is 2.80. The number of nitrogens with zero attached hydrogens (tertiary/aromatic N) is 1. The van der Waals surface area contributed by atoms with Crippen LogP contribution >= 0.6 is 0 Å². The molecule has 6 heteroatoms. The zero-order chi connectivity index (χ0) is 20.5. The van der Waals surface area contributed by atoms with E-state index < -0.39 is 0 Å². The lowest BCUT2D eigenvalue weighted by Crippen LogP contribution is -2.22. The first-order chi connectivity index (χ1) is 13.5. The highest BCUT2D eigenvalue weighted by Crippen LogP contribution is 2.28. The Labute approximate surface area is 166 Å². The van der Waals surface area contributed by atoms with Gasteiger partial charge in [-0.15, -0.1) is 0 Å². The smallest absolute Gasteiger partial charge is 0.262 e. The molecule has 2 aromatic carbocycles. The molecule has 150 valence electrons. The second kappa shape index (κ2) is 10.5. The Morgan fingerprint density at radius 3 is 2.43 bits per heavy atom. The van der Waals surface area contributed by atoms with Crippen LogP contribution in [0.1, 0.15) is 36.7 Å². The average Bonchev–Trinajstić information content (AvgIpc) is 2.70. The van der Waals surface area contributed by atoms with Crippen molar-refractivity contribution in [2.45, 2.75) is 27.3 Å². The van der Waals surface area contributed by atoms with Crippen molar-refractivity contribution in [3.8, 4) is 11.5 Å². The molecule has 0 heterocycles. The van der Waals surface area contributed by atoms with Gasteiger partial charge in [-0.05, 0) is 55.9 Å². The highest BCUT2D eigenvalue weighted by atomic mass is 16.5. The minimum Gasteiger partial charge on any atom is -0.493 e. The van der Waals surface area contributed by atoms with Crippen LogP contribution < -0.4 is 14.8 Å². The molecule has 1 N–H and O–H groups in total. The first-order valence-electron chi connectivity index (χ1n) is 9.39. The molecule has 1 amide bonds. The number of hydrogen-bond acceptors (Lipinski definition) is 5. The molecular weight excluding hydrogens is 356 g/mol. The summed E-state index contributed by atoms with van der Waals surface area (Å²) in [7, 11) is 1.49. The second-order valence-electron chi connectivity index (χ2n) is 6.42. The third-order valence-electron chi connectivity index (χ3n) is 4.44. The largest absolute Gasteiger partial charge is 0.493 e. The summed E-state index contributed by atoms with van der Waals surface area (Å²) >= 11 is 0. The molecule has 0 unspecified atom stereocenters. The van der Waals surface area contributed by atoms with Crippen LogP contribution in [0.4, 0.5) is 5.69 Å². The highest BCUT2D eigenvalue weighted by Gasteiger charge is 2.11. The van der Waals surface area contributed by atoms with Gasteiger partial charge in [0, 0.05) is 17.8 Å². The van der Waals surface area contributed by atoms with E-state index in [0.29, 0.717) is 17.1 Å². The summed E-state index contributed by atoms with van der Waals surface area (Å²) in [5.41, 5.74) is 2.40. The van der Waals surface area contributed by atoms with Crippen LogP contribution in [0.25, 0.3) is 0 Å². The number of amides is 1. The van der Waals surface area contributed by atoms with E-state index in [1.165, 1.54) is 14.0 Å². The van der Waals surface area contributed by atoms with Gasteiger partial charge in [-0.1, -0.05) is 26.0 Å². The van der Waals surface area contributed by atoms with Crippen molar-refractivity contribution in [1.82, 2.24) is 4.90 Å². The van der Waals surface area contributed by atoms with Crippen molar-refractivity contribution in [3.05, 3.63) is 53.6 Å². The van der Waals surface area contributed by atoms with Gasteiger partial charge < -0.3 is 14.8 Å². The topological polar surface area (TPSA) is 67.9 Å². The third-order valence-corrected chi connectivity index (χ3v) is 4.44. The third kappa shape index (κ3) is 6.09. The second-order valence-corrected chi connectivity index (χ2v) is 6.42. The van der Waals surface area contributed by atoms with Crippen molar-refractivity contribution in [1.29, 1.82) is 0 Å². The first kappa shape index (κ1) is 21.4. The Hall–Kier alpha value is -2.86. The summed E-state index contributed by atoms with van der Waals surface area (Å²) in [6, 6.07) is 12.7. The maximum Gasteiger partial charge on any atom is 0.262 e. The fourth-order valence-electron chi connectivity index (χ4n) is 2.80. The maximum absolute atomic E-state index is 12.3. The molecule has 0 fully saturated rings. The summed E-state index contributed by atoms with van der Waals surface area (Å²) in [5.74, 6) is 0.504. The normalized spacial score (nSPS) is 10.6. The molecule has 0 aliphatic rings. The van der Waals surface area contributed by atoms with Gasteiger partial charge in [-0.2, -0.15) is 0 Å². The molecule has 0 bridgehead atoms. The van der Waals surface area contributed by atoms with Gasteiger partial charge in [-0.3, -0.25) is 14.5 Å². The lowest BCUT2D eigenvalue weighted by atomic mass is 10.1. The van der Waals surface area contributed by atoms with E-state index >= 15 is 0 Å². The summed E-state index contributed by atoms with van der Waals surface area (Å²) in [6.45, 7) is 8.38. The van der Waals surface area contributed by atoms with Gasteiger partial charge in [0.15, 0.2) is 23.9 Å². The van der Waals surface area contributed by atoms with Gasteiger partial charge in [0.1, 0.15) is 0 Å². The van der Waals surface area contributed by atoms with E-state index in [2.05, 4.69) is 24.1 Å². The van der Waals surface area contributed by atoms with Crippen LogP contribution in [0.2, 0.25) is 0 Å². The van der Waals surface area contributed by atoms with Crippen LogP contribution in [-0.2, 0) is 11.3 Å². The number of ether oxygens (including phenoxy) is 2. The molecule has 6 nitrogen and oxygen atoms in total. The number of methoxy groups -OCH3 is 1. The Bertz CT molecular complexity index is 816. The van der Waals surface area contributed by atoms with Gasteiger partial charge >= 0.3 is 0 Å². The quantitative estimate of drug-likeness (QED) is 0.632. The molecule has 2 aromatic rings. The molecule has 2 rings (SSSR count). The van der Waals surface area contributed by atoms with Crippen molar-refractivity contribution < 1.29 is 19.1 Å². The molecule has 28 heavy (non-hydrogen) atoms. The summed E-state index contributed by atoms with van der Waals surface area (Å²) in [5, 5.41) is 2.85. The van der Waals surface area contributed by atoms with Crippen molar-refractivity contribution in [2.24, 2.45) is 0 Å². The molecule has 0 saturated heterocycles. The molecule has 0 atom stereocenters. The molecule has 0 aliphatic heterocycles. The van der Waals surface area contributed by atoms with E-state index in [-0.39, 0.29) is 18.3 Å². The number of ketones is 1. The van der Waals surface area contributed by atoms with Gasteiger partial charge in [0.25, 0.3) is 5.91 Å². The fraction of sp³-hybridized carbons (Fsp3) is 0.364. The number of Topliss-reactive ketones (excluding diaryl/α,β-unsaturated/α-hetero) is 1. The number of nitrogens with one attached hydrogen (secondary N) is 1. The summed E-state index contributed by atoms with van der Waals surface area (Å²) in [6.07, 6.45) is 0. The lowest BCUT2D eigenvalue weighted by Gasteiger charge is -2.18. The predicted octanol–water partition coefficient (Wildman–Crippen LogP) is 3.76. The van der Waals surface area contributed by atoms with E-state index in [9.17, 15) is 9.59 Å². The Morgan fingerprint density at radius 2 is 1.79 bits per heavy atom. The number of anilines is 1. The predicted molar refractivity (Wildman–Crippen MR) is 110 cm³/mol. The van der Waals surface area contributed by atoms with E-state index in [1.54, 1.807) is 18.2 Å². The van der Waals surface area contributed by atoms with E-state index in [1.807, 2.05) is 24.3 Å². The molecule has 0 spiro atoms. The number of hydrogen-bond donors (Lipinski definition) is 1. The molecule has 0 aliphatic carbocycles. The van der Waals surface area contributed by atoms with Gasteiger partial charge in [-0.25, -0.2) is 0 Å². The van der Waals surface area contributed by atoms with Crippen LogP contribution in [0, 0.1) is 0 Å². The zero-order valence-electron chi connectivity index (χ0n) is 17.0. The minimum atomic E-state index is -0.266. The number of carbonyl (C=O) groups excluding carboxylic acids is 2. The van der Waals surface area contributed by atoms with Crippen LogP contribution in [-0.4, -0.2) is 43.4 Å². The Kier molecular flexibility index (Phi) is 8.02. The van der Waals surface area contributed by atoms with E-state index in [0.717, 1.165) is 30.9 Å². The first-order valence-corrected chi connectivity index (χ1v) is 9.39. The summed E-state index contributed by atoms with van der Waals surface area (Å²) < 4.78 is 10.8. The molecule has 0 saturated carbocycles. The van der Waals surface area contributed by atoms with Gasteiger partial charge in [0.05, 0.1) is 7.11 Å². The van der Waals surface area contributed by atoms with Gasteiger partial charge in [0.2, 0.25) is 0 Å². The number of benzene rings is 2. The van der Waals surface area contributed by atoms with Crippen molar-refractivity contribution in [2.75, 3.05) is 32.1 Å². The zero-order valence-corrected chi connectivity index (χ0v) is 17.0. The number of carbonyl (C=O) groups is 2. The Morgan fingerprint density at radius 1 is 1.04 bits per heavy atom. The molecule has 0 aromatic heterocycles. The van der Waals surface area contributed by atoms with Crippen molar-refractivity contribution in [3.63, 3.8) is 0 Å². The van der Waals surface area contributed by atoms with Crippen LogP contribution in [0.15, 0.2) is 42.5 Å². The highest BCUT2D eigenvalue weighted by molar-refractivity contribution is 5.95. The molecule has 0 radical (unpaired) electrons. The molecular formula is C22H28N2O4. The summed E-state index contributed by atoms with van der Waals surface area (Å²) in [4.78, 5) is 26.0. The number of rotatable bonds is 10. The average molecular weight is 384 g/mol. The SMILES string of the molecule is CCN(CC)Cc1cccc(NC(=O)COc2ccc(C(C)=O)cc2OC)c1. The van der Waals surface area contributed by atoms with E-state index in [4.69, 9.17) is 9.47 Å². The standard InChI is InChI=1S/C22H28N2O4/c1-5-24(6-2)14-17-8-7-9-19(12-17)23-22(26)15-28-20-11-10-18(16(3)25)13-21(20)27-4/h7-13H,5-6,14-15H2,1-4H3,(H,23,26).